The van der Waals surface area contributed by atoms with Crippen molar-refractivity contribution in [3.8, 4) is 0 Å². The van der Waals surface area contributed by atoms with E-state index in [0.29, 0.717) is 17.9 Å². The van der Waals surface area contributed by atoms with Crippen LogP contribution in [0.15, 0.2) is 29.5 Å². The molecule has 0 aliphatic carbocycles. The largest absolute Gasteiger partial charge is 0.350 e. The molecule has 3 heterocycles. The van der Waals surface area contributed by atoms with E-state index in [1.165, 1.54) is 11.1 Å². The van der Waals surface area contributed by atoms with E-state index in [1.54, 1.807) is 13.3 Å². The van der Waals surface area contributed by atoms with E-state index in [-0.39, 0.29) is 5.91 Å². The summed E-state index contributed by atoms with van der Waals surface area (Å²) in [7, 11) is 0. The highest BCUT2D eigenvalue weighted by Crippen LogP contribution is 2.39. The van der Waals surface area contributed by atoms with Crippen LogP contribution in [0.5, 0.6) is 0 Å². The molecule has 1 aromatic carbocycles. The van der Waals surface area contributed by atoms with Gasteiger partial charge in [-0.05, 0) is 38.8 Å². The van der Waals surface area contributed by atoms with Crippen molar-refractivity contribution in [2.45, 2.75) is 27.2 Å². The lowest BCUT2D eigenvalue weighted by atomic mass is 10.1. The first-order valence-corrected chi connectivity index (χ1v) is 11.0. The normalized spacial score (nSPS) is 17.0. The minimum atomic E-state index is -0.151. The highest BCUT2D eigenvalue weighted by Gasteiger charge is 2.25. The van der Waals surface area contributed by atoms with Crippen LogP contribution in [0.2, 0.25) is 0 Å². The summed E-state index contributed by atoms with van der Waals surface area (Å²) in [6.07, 6.45) is 2.54. The van der Waals surface area contributed by atoms with Gasteiger partial charge in [0.1, 0.15) is 17.7 Å². The molecule has 2 aliphatic heterocycles. The number of carbonyl (C=O) groups is 1. The zero-order valence-electron chi connectivity index (χ0n) is 18.6. The summed E-state index contributed by atoms with van der Waals surface area (Å²) in [5, 5.41) is 6.33. The fourth-order valence-corrected chi connectivity index (χ4v) is 4.14. The third-order valence-electron chi connectivity index (χ3n) is 5.90. The molecule has 164 valence electrons. The molecule has 1 fully saturated rings. The Labute approximate surface area is 183 Å². The third-order valence-corrected chi connectivity index (χ3v) is 5.90. The van der Waals surface area contributed by atoms with Gasteiger partial charge in [0.2, 0.25) is 0 Å². The van der Waals surface area contributed by atoms with Crippen LogP contribution < -0.4 is 15.5 Å². The number of piperazine rings is 1. The summed E-state index contributed by atoms with van der Waals surface area (Å²) < 4.78 is 0. The van der Waals surface area contributed by atoms with E-state index < -0.39 is 0 Å². The lowest BCUT2D eigenvalue weighted by Crippen LogP contribution is -2.46. The number of rotatable bonds is 6. The van der Waals surface area contributed by atoms with Gasteiger partial charge in [0.25, 0.3) is 5.91 Å². The van der Waals surface area contributed by atoms with Gasteiger partial charge in [-0.1, -0.05) is 17.7 Å². The number of nitrogens with one attached hydrogen (secondary N) is 2. The Kier molecular flexibility index (Phi) is 6.58. The van der Waals surface area contributed by atoms with E-state index in [9.17, 15) is 4.79 Å². The van der Waals surface area contributed by atoms with Gasteiger partial charge in [0.15, 0.2) is 5.82 Å². The lowest BCUT2D eigenvalue weighted by Gasteiger charge is -2.27. The number of nitrogens with zero attached hydrogens (tertiary/aromatic N) is 5. The van der Waals surface area contributed by atoms with Crippen molar-refractivity contribution < 1.29 is 4.79 Å². The molecule has 1 aromatic heterocycles. The first kappa shape index (κ1) is 21.4. The van der Waals surface area contributed by atoms with Crippen LogP contribution in [-0.2, 0) is 11.2 Å². The predicted molar refractivity (Wildman–Crippen MR) is 124 cm³/mol. The smallest absolute Gasteiger partial charge is 0.265 e. The molecule has 2 aromatic rings. The summed E-state index contributed by atoms with van der Waals surface area (Å²) in [6, 6.07) is 6.48. The molecule has 2 N–H and O–H groups in total. The third kappa shape index (κ3) is 4.91. The average Bonchev–Trinajstić information content (AvgIpc) is 3.18. The first-order valence-electron chi connectivity index (χ1n) is 11.0. The highest BCUT2D eigenvalue weighted by atomic mass is 16.1. The van der Waals surface area contributed by atoms with Gasteiger partial charge in [-0.3, -0.25) is 9.69 Å². The standard InChI is InChI=1S/C23H31N7O/c1-16-4-5-20-19(14-16)6-10-30(20)22-21(17(2)26-15-27-22)28-18(3)23(31)25-9-13-29-11-7-24-8-12-29/h4-5,14-15,24H,6-13H2,1-3H3,(H,25,31). The minimum absolute atomic E-state index is 0.151. The Balaban J connectivity index is 1.49. The van der Waals surface area contributed by atoms with Crippen LogP contribution >= 0.6 is 0 Å². The molecule has 2 aliphatic rings. The number of carbonyl (C=O) groups excluding carboxylic acids is 1. The average molecular weight is 422 g/mol. The number of amides is 1. The van der Waals surface area contributed by atoms with E-state index in [2.05, 4.69) is 60.5 Å². The van der Waals surface area contributed by atoms with E-state index in [4.69, 9.17) is 0 Å². The fraction of sp³-hybridized carbons (Fsp3) is 0.478. The van der Waals surface area contributed by atoms with Crippen molar-refractivity contribution in [2.24, 2.45) is 4.99 Å². The monoisotopic (exact) mass is 421 g/mol. The topological polar surface area (TPSA) is 85.8 Å². The maximum atomic E-state index is 12.6. The van der Waals surface area contributed by atoms with Crippen molar-refractivity contribution in [1.29, 1.82) is 0 Å². The Morgan fingerprint density at radius 2 is 2.00 bits per heavy atom. The van der Waals surface area contributed by atoms with Crippen molar-refractivity contribution in [1.82, 2.24) is 25.5 Å². The van der Waals surface area contributed by atoms with Crippen LogP contribution in [0.1, 0.15) is 23.7 Å². The number of aryl methyl sites for hydroxylation is 2. The molecule has 8 nitrogen and oxygen atoms in total. The van der Waals surface area contributed by atoms with Gasteiger partial charge in [0.05, 0.1) is 5.69 Å². The van der Waals surface area contributed by atoms with E-state index in [0.717, 1.165) is 62.9 Å². The van der Waals surface area contributed by atoms with Crippen LogP contribution in [0.25, 0.3) is 0 Å². The summed E-state index contributed by atoms with van der Waals surface area (Å²) in [5.74, 6) is 0.602. The molecule has 1 amide bonds. The summed E-state index contributed by atoms with van der Waals surface area (Å²) in [6.45, 7) is 12.1. The number of anilines is 2. The quantitative estimate of drug-likeness (QED) is 0.693. The van der Waals surface area contributed by atoms with Gasteiger partial charge in [-0.2, -0.15) is 0 Å². The zero-order chi connectivity index (χ0) is 21.8. The van der Waals surface area contributed by atoms with Crippen molar-refractivity contribution >= 4 is 28.8 Å². The van der Waals surface area contributed by atoms with E-state index in [1.807, 2.05) is 6.92 Å². The Morgan fingerprint density at radius 1 is 1.19 bits per heavy atom. The molecule has 0 unspecified atom stereocenters. The van der Waals surface area contributed by atoms with Gasteiger partial charge in [0, 0.05) is 51.5 Å². The molecule has 4 rings (SSSR count). The molecular formula is C23H31N7O. The van der Waals surface area contributed by atoms with Crippen molar-refractivity contribution in [3.05, 3.63) is 41.3 Å². The molecule has 1 saturated heterocycles. The van der Waals surface area contributed by atoms with E-state index >= 15 is 0 Å². The van der Waals surface area contributed by atoms with Crippen LogP contribution in [-0.4, -0.2) is 72.3 Å². The molecule has 0 radical (unpaired) electrons. The summed E-state index contributed by atoms with van der Waals surface area (Å²) in [4.78, 5) is 30.7. The molecule has 0 saturated carbocycles. The molecule has 31 heavy (non-hydrogen) atoms. The zero-order valence-corrected chi connectivity index (χ0v) is 18.6. The molecule has 0 atom stereocenters. The maximum absolute atomic E-state index is 12.6. The lowest BCUT2D eigenvalue weighted by molar-refractivity contribution is -0.114. The summed E-state index contributed by atoms with van der Waals surface area (Å²) in [5.41, 5.74) is 5.56. The van der Waals surface area contributed by atoms with Gasteiger partial charge in [-0.25, -0.2) is 15.0 Å². The summed E-state index contributed by atoms with van der Waals surface area (Å²) >= 11 is 0. The number of hydrogen-bond donors (Lipinski definition) is 2. The Bertz CT molecular complexity index is 982. The number of aromatic nitrogens is 2. The van der Waals surface area contributed by atoms with Gasteiger partial charge < -0.3 is 15.5 Å². The first-order chi connectivity index (χ1) is 15.0. The molecule has 0 spiro atoms. The van der Waals surface area contributed by atoms with Gasteiger partial charge in [-0.15, -0.1) is 0 Å². The Morgan fingerprint density at radius 3 is 2.81 bits per heavy atom. The van der Waals surface area contributed by atoms with Gasteiger partial charge >= 0.3 is 0 Å². The van der Waals surface area contributed by atoms with Crippen LogP contribution in [0.3, 0.4) is 0 Å². The maximum Gasteiger partial charge on any atom is 0.265 e. The Hall–Kier alpha value is -2.84. The second-order valence-corrected chi connectivity index (χ2v) is 8.21. The fourth-order valence-electron chi connectivity index (χ4n) is 4.14. The minimum Gasteiger partial charge on any atom is -0.350 e. The molecular weight excluding hydrogens is 390 g/mol. The second-order valence-electron chi connectivity index (χ2n) is 8.21. The van der Waals surface area contributed by atoms with Crippen LogP contribution in [0, 0.1) is 13.8 Å². The number of benzene rings is 1. The van der Waals surface area contributed by atoms with Crippen LogP contribution in [0.4, 0.5) is 17.2 Å². The van der Waals surface area contributed by atoms with Crippen molar-refractivity contribution in [2.75, 3.05) is 50.7 Å². The highest BCUT2D eigenvalue weighted by molar-refractivity contribution is 6.38. The second kappa shape index (κ2) is 9.53. The number of aliphatic imine (C=N–C) groups is 1. The van der Waals surface area contributed by atoms with Crippen molar-refractivity contribution in [3.63, 3.8) is 0 Å². The number of hydrogen-bond acceptors (Lipinski definition) is 7. The molecule has 8 heteroatoms. The number of fused-ring (bicyclic) bond motifs is 1. The molecule has 0 bridgehead atoms. The predicted octanol–water partition coefficient (Wildman–Crippen LogP) is 1.90. The SMILES string of the molecule is CC(=Nc1c(C)ncnc1N1CCc2cc(C)ccc21)C(=O)NCCN1CCNCC1.